The predicted molar refractivity (Wildman–Crippen MR) is 135 cm³/mol. The normalized spacial score (nSPS) is 14.7. The summed E-state index contributed by atoms with van der Waals surface area (Å²) in [6, 6.07) is 19.9. The largest absolute Gasteiger partial charge is 0.325 e. The zero-order valence-electron chi connectivity index (χ0n) is 19.6. The number of anilines is 2. The second-order valence-corrected chi connectivity index (χ2v) is 8.76. The van der Waals surface area contributed by atoms with Gasteiger partial charge >= 0.3 is 0 Å². The van der Waals surface area contributed by atoms with Gasteiger partial charge in [0.1, 0.15) is 5.69 Å². The van der Waals surface area contributed by atoms with E-state index in [1.54, 1.807) is 4.90 Å². The van der Waals surface area contributed by atoms with Crippen molar-refractivity contribution in [1.82, 2.24) is 14.8 Å². The van der Waals surface area contributed by atoms with Gasteiger partial charge in [-0.05, 0) is 50.1 Å². The van der Waals surface area contributed by atoms with Crippen molar-refractivity contribution in [1.29, 1.82) is 0 Å². The number of rotatable bonds is 5. The minimum Gasteiger partial charge on any atom is -0.325 e. The molecule has 2 aromatic heterocycles. The number of nitrogens with zero attached hydrogens (tertiary/aromatic N) is 4. The first kappa shape index (κ1) is 22.5. The molecule has 3 heterocycles. The van der Waals surface area contributed by atoms with Crippen LogP contribution < -0.4 is 15.8 Å². The van der Waals surface area contributed by atoms with Gasteiger partial charge in [-0.15, -0.1) is 0 Å². The molecule has 1 aliphatic rings. The number of nitrogens with one attached hydrogen (secondary N) is 1. The number of aromatic nitrogens is 3. The Morgan fingerprint density at radius 1 is 1.06 bits per heavy atom. The third-order valence-electron chi connectivity index (χ3n) is 6.18. The molecule has 0 radical (unpaired) electrons. The Morgan fingerprint density at radius 3 is 2.69 bits per heavy atom. The molecule has 0 saturated carbocycles. The molecule has 8 nitrogen and oxygen atoms in total. The van der Waals surface area contributed by atoms with E-state index in [1.165, 1.54) is 16.8 Å². The lowest BCUT2D eigenvalue weighted by molar-refractivity contribution is -0.116. The maximum absolute atomic E-state index is 13.3. The molecule has 2 aromatic carbocycles. The van der Waals surface area contributed by atoms with Gasteiger partial charge in [-0.2, -0.15) is 5.10 Å². The molecular formula is C27H25N5O3. The first-order valence-corrected chi connectivity index (χ1v) is 11.6. The molecule has 1 aliphatic heterocycles. The van der Waals surface area contributed by atoms with Crippen LogP contribution >= 0.6 is 0 Å². The van der Waals surface area contributed by atoms with E-state index in [0.29, 0.717) is 5.69 Å². The Morgan fingerprint density at radius 2 is 1.83 bits per heavy atom. The summed E-state index contributed by atoms with van der Waals surface area (Å²) in [6.45, 7) is 3.91. The lowest BCUT2D eigenvalue weighted by Crippen LogP contribution is -2.37. The highest BCUT2D eigenvalue weighted by atomic mass is 16.2. The molecule has 0 unspecified atom stereocenters. The third kappa shape index (κ3) is 4.42. The summed E-state index contributed by atoms with van der Waals surface area (Å²) in [4.78, 5) is 44.6. The van der Waals surface area contributed by atoms with E-state index in [2.05, 4.69) is 15.4 Å². The van der Waals surface area contributed by atoms with Crippen molar-refractivity contribution in [2.24, 2.45) is 0 Å². The van der Waals surface area contributed by atoms with Crippen molar-refractivity contribution in [3.8, 4) is 0 Å². The molecule has 0 bridgehead atoms. The van der Waals surface area contributed by atoms with Crippen molar-refractivity contribution >= 4 is 34.1 Å². The molecule has 0 saturated heterocycles. The van der Waals surface area contributed by atoms with Crippen LogP contribution in [-0.4, -0.2) is 32.6 Å². The first-order chi connectivity index (χ1) is 16.9. The van der Waals surface area contributed by atoms with E-state index in [9.17, 15) is 14.4 Å². The Labute approximate surface area is 202 Å². The van der Waals surface area contributed by atoms with Gasteiger partial charge in [-0.1, -0.05) is 36.4 Å². The molecule has 1 N–H and O–H groups in total. The predicted octanol–water partition coefficient (Wildman–Crippen LogP) is 3.72. The molecule has 5 rings (SSSR count). The van der Waals surface area contributed by atoms with Gasteiger partial charge in [0.25, 0.3) is 11.5 Å². The molecule has 2 amide bonds. The van der Waals surface area contributed by atoms with Crippen molar-refractivity contribution < 1.29 is 9.59 Å². The van der Waals surface area contributed by atoms with Gasteiger partial charge in [0, 0.05) is 35.3 Å². The number of carbonyl (C=O) groups is 2. The molecule has 35 heavy (non-hydrogen) atoms. The van der Waals surface area contributed by atoms with Crippen molar-refractivity contribution in [3.05, 3.63) is 94.0 Å². The SMILES string of the molecule is Cc1cc(NC(=O)CCn2nc(C(=O)N3c4ccccc4C[C@H]3C)ccc2=O)c2ccccc2n1. The molecule has 176 valence electrons. The minimum atomic E-state index is -0.366. The number of amides is 2. The zero-order valence-corrected chi connectivity index (χ0v) is 19.6. The van der Waals surface area contributed by atoms with Gasteiger partial charge in [-0.25, -0.2) is 4.68 Å². The Kier molecular flexibility index (Phi) is 5.86. The lowest BCUT2D eigenvalue weighted by Gasteiger charge is -2.22. The topological polar surface area (TPSA) is 97.2 Å². The van der Waals surface area contributed by atoms with Crippen LogP contribution in [0.15, 0.2) is 71.5 Å². The fraction of sp³-hybridized carbons (Fsp3) is 0.222. The van der Waals surface area contributed by atoms with Crippen LogP contribution in [0.25, 0.3) is 10.9 Å². The van der Waals surface area contributed by atoms with Gasteiger partial charge in [-0.3, -0.25) is 19.4 Å². The number of hydrogen-bond donors (Lipinski definition) is 1. The van der Waals surface area contributed by atoms with Crippen LogP contribution in [0.1, 0.15) is 35.1 Å². The molecule has 1 atom stereocenters. The number of pyridine rings is 1. The van der Waals surface area contributed by atoms with Gasteiger partial charge in [0.15, 0.2) is 0 Å². The highest BCUT2D eigenvalue weighted by Crippen LogP contribution is 2.32. The lowest BCUT2D eigenvalue weighted by atomic mass is 10.1. The van der Waals surface area contributed by atoms with Crippen LogP contribution in [0.5, 0.6) is 0 Å². The van der Waals surface area contributed by atoms with Crippen LogP contribution in [0.4, 0.5) is 11.4 Å². The average Bonchev–Trinajstić information content (AvgIpc) is 3.18. The van der Waals surface area contributed by atoms with Crippen LogP contribution in [0.3, 0.4) is 0 Å². The van der Waals surface area contributed by atoms with Gasteiger partial charge in [0.05, 0.1) is 17.7 Å². The fourth-order valence-electron chi connectivity index (χ4n) is 4.55. The smallest absolute Gasteiger partial charge is 0.278 e. The number of para-hydroxylation sites is 2. The van der Waals surface area contributed by atoms with E-state index < -0.39 is 0 Å². The second kappa shape index (κ2) is 9.13. The summed E-state index contributed by atoms with van der Waals surface area (Å²) in [7, 11) is 0. The Bertz CT molecular complexity index is 1510. The summed E-state index contributed by atoms with van der Waals surface area (Å²) in [6.07, 6.45) is 0.800. The first-order valence-electron chi connectivity index (χ1n) is 11.6. The zero-order chi connectivity index (χ0) is 24.5. The Balaban J connectivity index is 1.32. The number of hydrogen-bond acceptors (Lipinski definition) is 5. The highest BCUT2D eigenvalue weighted by molar-refractivity contribution is 6.06. The molecule has 8 heteroatoms. The van der Waals surface area contributed by atoms with Gasteiger partial charge in [0.2, 0.25) is 5.91 Å². The second-order valence-electron chi connectivity index (χ2n) is 8.76. The summed E-state index contributed by atoms with van der Waals surface area (Å²) in [5.74, 6) is -0.521. The highest BCUT2D eigenvalue weighted by Gasteiger charge is 2.32. The van der Waals surface area contributed by atoms with E-state index >= 15 is 0 Å². The number of fused-ring (bicyclic) bond motifs is 2. The van der Waals surface area contributed by atoms with Crippen molar-refractivity contribution in [2.75, 3.05) is 10.2 Å². The van der Waals surface area contributed by atoms with E-state index in [0.717, 1.165) is 34.3 Å². The number of aryl methyl sites for hydroxylation is 2. The molecule has 4 aromatic rings. The fourth-order valence-corrected chi connectivity index (χ4v) is 4.55. The van der Waals surface area contributed by atoms with E-state index in [-0.39, 0.29) is 42.1 Å². The van der Waals surface area contributed by atoms with Crippen molar-refractivity contribution in [2.45, 2.75) is 39.3 Å². The monoisotopic (exact) mass is 467 g/mol. The van der Waals surface area contributed by atoms with E-state index in [1.807, 2.05) is 68.4 Å². The summed E-state index contributed by atoms with van der Waals surface area (Å²) < 4.78 is 1.18. The standard InChI is InChI=1S/C27H25N5O3/c1-17-15-23(20-8-4-5-9-21(20)28-17)29-25(33)13-14-31-26(34)12-11-22(30-31)27(35)32-18(2)16-19-7-3-6-10-24(19)32/h3-12,15,18H,13-14,16H2,1-2H3,(H,28,29,33)/t18-/m1/s1. The van der Waals surface area contributed by atoms with Crippen LogP contribution in [0, 0.1) is 6.92 Å². The molecule has 0 fully saturated rings. The van der Waals surface area contributed by atoms with Crippen LogP contribution in [-0.2, 0) is 17.8 Å². The van der Waals surface area contributed by atoms with Crippen molar-refractivity contribution in [3.63, 3.8) is 0 Å². The molecule has 0 spiro atoms. The maximum atomic E-state index is 13.3. The Hall–Kier alpha value is -4.33. The summed E-state index contributed by atoms with van der Waals surface area (Å²) in [5, 5.41) is 8.05. The quantitative estimate of drug-likeness (QED) is 0.483. The number of benzene rings is 2. The summed E-state index contributed by atoms with van der Waals surface area (Å²) >= 11 is 0. The molecule has 0 aliphatic carbocycles. The van der Waals surface area contributed by atoms with Gasteiger partial charge < -0.3 is 10.2 Å². The maximum Gasteiger partial charge on any atom is 0.278 e. The van der Waals surface area contributed by atoms with E-state index in [4.69, 9.17) is 0 Å². The molecular weight excluding hydrogens is 442 g/mol. The third-order valence-corrected chi connectivity index (χ3v) is 6.18. The average molecular weight is 468 g/mol. The number of carbonyl (C=O) groups excluding carboxylic acids is 2. The van der Waals surface area contributed by atoms with Crippen LogP contribution in [0.2, 0.25) is 0 Å². The minimum absolute atomic E-state index is 0.00787. The summed E-state index contributed by atoms with van der Waals surface area (Å²) in [5.41, 5.74) is 4.04.